The van der Waals surface area contributed by atoms with Gasteiger partial charge in [-0.2, -0.15) is 0 Å². The Morgan fingerprint density at radius 2 is 1.86 bits per heavy atom. The third-order valence-electron chi connectivity index (χ3n) is 5.97. The number of hydrogen-bond donors (Lipinski definition) is 2. The lowest BCUT2D eigenvalue weighted by atomic mass is 9.81. The molecule has 1 aromatic rings. The summed E-state index contributed by atoms with van der Waals surface area (Å²) in [5.41, 5.74) is -0.0625. The molecule has 2 aliphatic rings. The standard InChI is InChI=1S/C20H28N2O6.ClH/c1-26-15-9-14(10-16(27-2)18(15)28-3)21-17(23)6-8-22-11-13-5-4-7-20(13,12-22)19(24)25;/h9-10,13H,4-8,11-12H2,1-3H3,(H,21,23)(H,24,25);1H/t13-,20+;/m0./s1. The smallest absolute Gasteiger partial charge is 0.311 e. The van der Waals surface area contributed by atoms with Crippen LogP contribution in [0.25, 0.3) is 0 Å². The molecule has 3 rings (SSSR count). The van der Waals surface area contributed by atoms with Gasteiger partial charge in [-0.3, -0.25) is 9.59 Å². The summed E-state index contributed by atoms with van der Waals surface area (Å²) in [5, 5.41) is 12.5. The Morgan fingerprint density at radius 1 is 1.21 bits per heavy atom. The Hall–Kier alpha value is -2.19. The summed E-state index contributed by atoms with van der Waals surface area (Å²) in [6.45, 7) is 1.83. The number of hydrogen-bond acceptors (Lipinski definition) is 6. The van der Waals surface area contributed by atoms with Gasteiger partial charge in [0.15, 0.2) is 11.5 Å². The van der Waals surface area contributed by atoms with Crippen LogP contribution in [0.1, 0.15) is 25.7 Å². The van der Waals surface area contributed by atoms with Gasteiger partial charge in [0.25, 0.3) is 0 Å². The highest BCUT2D eigenvalue weighted by molar-refractivity contribution is 5.91. The van der Waals surface area contributed by atoms with Gasteiger partial charge in [-0.05, 0) is 18.8 Å². The quantitative estimate of drug-likeness (QED) is 0.656. The van der Waals surface area contributed by atoms with Gasteiger partial charge in [0, 0.05) is 43.9 Å². The summed E-state index contributed by atoms with van der Waals surface area (Å²) < 4.78 is 15.9. The van der Waals surface area contributed by atoms with Crippen molar-refractivity contribution in [2.24, 2.45) is 11.3 Å². The van der Waals surface area contributed by atoms with Crippen LogP contribution in [-0.4, -0.2) is 62.8 Å². The monoisotopic (exact) mass is 428 g/mol. The molecule has 0 aromatic heterocycles. The predicted molar refractivity (Wildman–Crippen MR) is 110 cm³/mol. The van der Waals surface area contributed by atoms with Crippen LogP contribution in [0.5, 0.6) is 17.2 Å². The van der Waals surface area contributed by atoms with Crippen molar-refractivity contribution in [1.82, 2.24) is 4.90 Å². The van der Waals surface area contributed by atoms with Crippen molar-refractivity contribution < 1.29 is 28.9 Å². The zero-order chi connectivity index (χ0) is 20.3. The van der Waals surface area contributed by atoms with E-state index in [4.69, 9.17) is 14.2 Å². The third-order valence-corrected chi connectivity index (χ3v) is 5.97. The number of methoxy groups -OCH3 is 3. The number of carboxylic acid groups (broad SMARTS) is 1. The van der Waals surface area contributed by atoms with Crippen LogP contribution in [0, 0.1) is 11.3 Å². The molecule has 9 heteroatoms. The van der Waals surface area contributed by atoms with Crippen LogP contribution in [-0.2, 0) is 9.59 Å². The molecule has 29 heavy (non-hydrogen) atoms. The molecule has 0 spiro atoms. The SMILES string of the molecule is COc1cc(NC(=O)CCN2C[C@@H]3CCC[C@@]3(C(=O)O)C2)cc(OC)c1OC.Cl. The molecule has 1 aliphatic heterocycles. The number of carboxylic acids is 1. The van der Waals surface area contributed by atoms with Crippen LogP contribution >= 0.6 is 12.4 Å². The van der Waals surface area contributed by atoms with E-state index >= 15 is 0 Å². The lowest BCUT2D eigenvalue weighted by Gasteiger charge is -2.23. The first kappa shape index (κ1) is 23.1. The van der Waals surface area contributed by atoms with Crippen LogP contribution in [0.4, 0.5) is 5.69 Å². The topological polar surface area (TPSA) is 97.3 Å². The minimum atomic E-state index is -0.695. The Labute approximate surface area is 176 Å². The zero-order valence-corrected chi connectivity index (χ0v) is 17.8. The molecule has 1 aromatic carbocycles. The fraction of sp³-hybridized carbons (Fsp3) is 0.600. The highest BCUT2D eigenvalue weighted by Crippen LogP contribution is 2.48. The number of amides is 1. The number of halogens is 1. The number of aliphatic carboxylic acids is 1. The van der Waals surface area contributed by atoms with Gasteiger partial charge in [-0.1, -0.05) is 6.42 Å². The zero-order valence-electron chi connectivity index (χ0n) is 17.0. The first-order valence-corrected chi connectivity index (χ1v) is 9.49. The molecular weight excluding hydrogens is 400 g/mol. The van der Waals surface area contributed by atoms with Crippen molar-refractivity contribution in [2.45, 2.75) is 25.7 Å². The number of benzene rings is 1. The number of anilines is 1. The maximum atomic E-state index is 12.4. The van der Waals surface area contributed by atoms with Gasteiger partial charge in [-0.25, -0.2) is 0 Å². The largest absolute Gasteiger partial charge is 0.493 e. The average molecular weight is 429 g/mol. The number of fused-ring (bicyclic) bond motifs is 1. The molecule has 1 amide bonds. The van der Waals surface area contributed by atoms with E-state index in [0.717, 1.165) is 25.8 Å². The van der Waals surface area contributed by atoms with Gasteiger partial charge in [0.2, 0.25) is 11.7 Å². The fourth-order valence-corrected chi connectivity index (χ4v) is 4.55. The van der Waals surface area contributed by atoms with E-state index in [1.807, 2.05) is 0 Å². The minimum absolute atomic E-state index is 0. The minimum Gasteiger partial charge on any atom is -0.493 e. The Kier molecular flexibility index (Phi) is 7.60. The van der Waals surface area contributed by atoms with Crippen molar-refractivity contribution in [2.75, 3.05) is 46.3 Å². The van der Waals surface area contributed by atoms with E-state index in [-0.39, 0.29) is 24.2 Å². The maximum Gasteiger partial charge on any atom is 0.311 e. The number of ether oxygens (including phenoxy) is 3. The Balaban J connectivity index is 0.00000300. The molecule has 0 radical (unpaired) electrons. The summed E-state index contributed by atoms with van der Waals surface area (Å²) in [5.74, 6) is 0.754. The van der Waals surface area contributed by atoms with Crippen LogP contribution in [0.15, 0.2) is 12.1 Å². The normalized spacial score (nSPS) is 23.1. The molecule has 1 aliphatic carbocycles. The van der Waals surface area contributed by atoms with E-state index in [1.54, 1.807) is 12.1 Å². The molecule has 2 fully saturated rings. The van der Waals surface area contributed by atoms with E-state index in [2.05, 4.69) is 10.2 Å². The van der Waals surface area contributed by atoms with Gasteiger partial charge >= 0.3 is 5.97 Å². The van der Waals surface area contributed by atoms with Crippen molar-refractivity contribution >= 4 is 30.0 Å². The third kappa shape index (κ3) is 4.53. The van der Waals surface area contributed by atoms with Crippen LogP contribution < -0.4 is 19.5 Å². The highest BCUT2D eigenvalue weighted by atomic mass is 35.5. The van der Waals surface area contributed by atoms with E-state index in [0.29, 0.717) is 42.4 Å². The molecular formula is C20H29ClN2O6. The number of likely N-dealkylation sites (tertiary alicyclic amines) is 1. The van der Waals surface area contributed by atoms with Gasteiger partial charge < -0.3 is 29.5 Å². The lowest BCUT2D eigenvalue weighted by molar-refractivity contribution is -0.149. The van der Waals surface area contributed by atoms with Gasteiger partial charge in [-0.15, -0.1) is 12.4 Å². The second-order valence-electron chi connectivity index (χ2n) is 7.50. The summed E-state index contributed by atoms with van der Waals surface area (Å²) in [4.78, 5) is 26.3. The van der Waals surface area contributed by atoms with Gasteiger partial charge in [0.05, 0.1) is 26.7 Å². The first-order valence-electron chi connectivity index (χ1n) is 9.49. The van der Waals surface area contributed by atoms with Crippen molar-refractivity contribution in [3.8, 4) is 17.2 Å². The number of carbonyl (C=O) groups is 2. The molecule has 0 unspecified atom stereocenters. The van der Waals surface area contributed by atoms with Crippen LogP contribution in [0.3, 0.4) is 0 Å². The summed E-state index contributed by atoms with van der Waals surface area (Å²) >= 11 is 0. The number of nitrogens with one attached hydrogen (secondary N) is 1. The average Bonchev–Trinajstić information content (AvgIpc) is 3.23. The second kappa shape index (κ2) is 9.54. The predicted octanol–water partition coefficient (Wildman–Crippen LogP) is 2.65. The van der Waals surface area contributed by atoms with Crippen molar-refractivity contribution in [3.05, 3.63) is 12.1 Å². The summed E-state index contributed by atoms with van der Waals surface area (Å²) in [6.07, 6.45) is 2.97. The fourth-order valence-electron chi connectivity index (χ4n) is 4.55. The van der Waals surface area contributed by atoms with E-state index < -0.39 is 11.4 Å². The highest BCUT2D eigenvalue weighted by Gasteiger charge is 2.54. The number of rotatable bonds is 8. The summed E-state index contributed by atoms with van der Waals surface area (Å²) in [7, 11) is 4.56. The molecule has 1 saturated carbocycles. The van der Waals surface area contributed by atoms with Gasteiger partial charge in [0.1, 0.15) is 0 Å². The molecule has 2 atom stereocenters. The van der Waals surface area contributed by atoms with Crippen molar-refractivity contribution in [3.63, 3.8) is 0 Å². The second-order valence-corrected chi connectivity index (χ2v) is 7.50. The molecule has 162 valence electrons. The summed E-state index contributed by atoms with van der Waals surface area (Å²) in [6, 6.07) is 3.36. The maximum absolute atomic E-state index is 12.4. The molecule has 2 N–H and O–H groups in total. The first-order chi connectivity index (χ1) is 13.4. The van der Waals surface area contributed by atoms with Crippen molar-refractivity contribution in [1.29, 1.82) is 0 Å². The Morgan fingerprint density at radius 3 is 2.38 bits per heavy atom. The molecule has 1 heterocycles. The van der Waals surface area contributed by atoms with Crippen LogP contribution in [0.2, 0.25) is 0 Å². The molecule has 8 nitrogen and oxygen atoms in total. The van der Waals surface area contributed by atoms with E-state index in [9.17, 15) is 14.7 Å². The number of nitrogens with zero attached hydrogens (tertiary/aromatic N) is 1. The van der Waals surface area contributed by atoms with E-state index in [1.165, 1.54) is 21.3 Å². The lowest BCUT2D eigenvalue weighted by Crippen LogP contribution is -2.36. The Bertz CT molecular complexity index is 733. The molecule has 1 saturated heterocycles. The number of carbonyl (C=O) groups excluding carboxylic acids is 1. The molecule has 0 bridgehead atoms.